The molecule has 170 valence electrons. The van der Waals surface area contributed by atoms with Crippen LogP contribution in [0.15, 0.2) is 23.4 Å². The van der Waals surface area contributed by atoms with E-state index >= 15 is 0 Å². The molecule has 1 aliphatic rings. The van der Waals surface area contributed by atoms with Gasteiger partial charge in [-0.15, -0.1) is 0 Å². The third-order valence-electron chi connectivity index (χ3n) is 6.35. The molecule has 0 unspecified atom stereocenters. The van der Waals surface area contributed by atoms with Gasteiger partial charge in [0.1, 0.15) is 0 Å². The summed E-state index contributed by atoms with van der Waals surface area (Å²) in [6, 6.07) is 2.04. The predicted octanol–water partition coefficient (Wildman–Crippen LogP) is 3.03. The monoisotopic (exact) mass is 446 g/mol. The number of rotatable bonds is 7. The number of carbonyl (C=O) groups excluding carboxylic acids is 1. The standard InChI is InChI=1S/C23H34N4O3S/c1-16-14-25-26(15-16)10-6-9-24-23(28)21-7-11-27(12-8-21)31(29,30)22-19(4)17(2)13-18(3)20(22)5/h13-15,21H,6-12H2,1-5H3,(H,24,28). The zero-order valence-corrected chi connectivity index (χ0v) is 20.1. The molecule has 31 heavy (non-hydrogen) atoms. The lowest BCUT2D eigenvalue weighted by Gasteiger charge is -2.31. The lowest BCUT2D eigenvalue weighted by molar-refractivity contribution is -0.126. The van der Waals surface area contributed by atoms with Crippen LogP contribution in [0.4, 0.5) is 0 Å². The van der Waals surface area contributed by atoms with Gasteiger partial charge in [0.15, 0.2) is 0 Å². The van der Waals surface area contributed by atoms with Crippen LogP contribution in [0.1, 0.15) is 47.1 Å². The van der Waals surface area contributed by atoms with Gasteiger partial charge in [-0.1, -0.05) is 6.07 Å². The van der Waals surface area contributed by atoms with Crippen LogP contribution in [-0.4, -0.2) is 48.0 Å². The molecule has 1 amide bonds. The molecule has 1 N–H and O–H groups in total. The summed E-state index contributed by atoms with van der Waals surface area (Å²) in [5.74, 6) is -0.118. The van der Waals surface area contributed by atoms with E-state index in [1.165, 1.54) is 0 Å². The maximum Gasteiger partial charge on any atom is 0.243 e. The number of carbonyl (C=O) groups is 1. The number of benzene rings is 1. The summed E-state index contributed by atoms with van der Waals surface area (Å²) in [4.78, 5) is 13.0. The highest BCUT2D eigenvalue weighted by Gasteiger charge is 2.34. The second-order valence-electron chi connectivity index (χ2n) is 8.69. The van der Waals surface area contributed by atoms with Crippen molar-refractivity contribution in [1.29, 1.82) is 0 Å². The Bertz CT molecular complexity index is 1020. The van der Waals surface area contributed by atoms with E-state index in [0.29, 0.717) is 37.4 Å². The summed E-state index contributed by atoms with van der Waals surface area (Å²) in [5, 5.41) is 7.24. The van der Waals surface area contributed by atoms with Crippen molar-refractivity contribution in [3.8, 4) is 0 Å². The number of sulfonamides is 1. The fraction of sp³-hybridized carbons (Fsp3) is 0.565. The lowest BCUT2D eigenvalue weighted by Crippen LogP contribution is -2.43. The molecule has 0 bridgehead atoms. The minimum absolute atomic E-state index is 0.0208. The largest absolute Gasteiger partial charge is 0.356 e. The highest BCUT2D eigenvalue weighted by Crippen LogP contribution is 2.31. The van der Waals surface area contributed by atoms with E-state index in [-0.39, 0.29) is 11.8 Å². The molecule has 0 atom stereocenters. The molecule has 1 fully saturated rings. The Morgan fingerprint density at radius 2 is 1.71 bits per heavy atom. The molecule has 1 aliphatic heterocycles. The Morgan fingerprint density at radius 1 is 1.10 bits per heavy atom. The fourth-order valence-electron chi connectivity index (χ4n) is 4.24. The fourth-order valence-corrected chi connectivity index (χ4v) is 6.29. The van der Waals surface area contributed by atoms with E-state index < -0.39 is 10.0 Å². The zero-order valence-electron chi connectivity index (χ0n) is 19.2. The summed E-state index contributed by atoms with van der Waals surface area (Å²) in [5.41, 5.74) is 4.73. The van der Waals surface area contributed by atoms with Gasteiger partial charge in [0, 0.05) is 38.3 Å². The number of nitrogens with one attached hydrogen (secondary N) is 1. The van der Waals surface area contributed by atoms with Crippen LogP contribution in [0.25, 0.3) is 0 Å². The Hall–Kier alpha value is -2.19. The van der Waals surface area contributed by atoms with Crippen LogP contribution in [0.2, 0.25) is 0 Å². The van der Waals surface area contributed by atoms with Gasteiger partial charge < -0.3 is 5.32 Å². The van der Waals surface area contributed by atoms with Crippen LogP contribution in [-0.2, 0) is 21.4 Å². The van der Waals surface area contributed by atoms with Crippen molar-refractivity contribution >= 4 is 15.9 Å². The Balaban J connectivity index is 1.54. The molecule has 0 spiro atoms. The molecule has 3 rings (SSSR count). The number of hydrogen-bond acceptors (Lipinski definition) is 4. The molecule has 0 radical (unpaired) electrons. The third-order valence-corrected chi connectivity index (χ3v) is 8.52. The summed E-state index contributed by atoms with van der Waals surface area (Å²) in [6.07, 6.45) is 5.71. The first kappa shape index (κ1) is 23.5. The van der Waals surface area contributed by atoms with Crippen molar-refractivity contribution < 1.29 is 13.2 Å². The smallest absolute Gasteiger partial charge is 0.243 e. The van der Waals surface area contributed by atoms with Crippen LogP contribution in [0.3, 0.4) is 0 Å². The second kappa shape index (κ2) is 9.53. The molecule has 1 saturated heterocycles. The highest BCUT2D eigenvalue weighted by atomic mass is 32.2. The van der Waals surface area contributed by atoms with E-state index in [2.05, 4.69) is 10.4 Å². The Morgan fingerprint density at radius 3 is 2.26 bits per heavy atom. The number of aryl methyl sites for hydroxylation is 4. The average molecular weight is 447 g/mol. The number of hydrogen-bond donors (Lipinski definition) is 1. The molecule has 7 nitrogen and oxygen atoms in total. The first-order valence-corrected chi connectivity index (χ1v) is 12.4. The molecule has 2 aromatic rings. The number of nitrogens with zero attached hydrogens (tertiary/aromatic N) is 3. The van der Waals surface area contributed by atoms with Crippen molar-refractivity contribution in [2.75, 3.05) is 19.6 Å². The van der Waals surface area contributed by atoms with Gasteiger partial charge in [-0.3, -0.25) is 9.48 Å². The maximum atomic E-state index is 13.4. The van der Waals surface area contributed by atoms with Crippen molar-refractivity contribution in [1.82, 2.24) is 19.4 Å². The molecular weight excluding hydrogens is 412 g/mol. The number of piperidine rings is 1. The van der Waals surface area contributed by atoms with Crippen LogP contribution >= 0.6 is 0 Å². The highest BCUT2D eigenvalue weighted by molar-refractivity contribution is 7.89. The average Bonchev–Trinajstić information content (AvgIpc) is 3.14. The van der Waals surface area contributed by atoms with Crippen molar-refractivity contribution in [3.63, 3.8) is 0 Å². The third kappa shape index (κ3) is 5.18. The molecule has 8 heteroatoms. The molecule has 0 aliphatic carbocycles. The zero-order chi connectivity index (χ0) is 22.8. The van der Waals surface area contributed by atoms with E-state index in [0.717, 1.165) is 40.8 Å². The molecule has 2 heterocycles. The second-order valence-corrected chi connectivity index (χ2v) is 10.6. The van der Waals surface area contributed by atoms with Gasteiger partial charge in [0.25, 0.3) is 0 Å². The Labute approximate surface area is 185 Å². The molecule has 1 aromatic carbocycles. The molecule has 0 saturated carbocycles. The SMILES string of the molecule is Cc1cnn(CCCNC(=O)C2CCN(S(=O)(=O)c3c(C)c(C)cc(C)c3C)CC2)c1. The van der Waals surface area contributed by atoms with Gasteiger partial charge in [-0.2, -0.15) is 9.40 Å². The predicted molar refractivity (Wildman–Crippen MR) is 121 cm³/mol. The van der Waals surface area contributed by atoms with E-state index in [9.17, 15) is 13.2 Å². The number of aromatic nitrogens is 2. The minimum atomic E-state index is -3.58. The van der Waals surface area contributed by atoms with Crippen molar-refractivity contribution in [3.05, 3.63) is 46.3 Å². The summed E-state index contributed by atoms with van der Waals surface area (Å²) >= 11 is 0. The summed E-state index contributed by atoms with van der Waals surface area (Å²) in [7, 11) is -3.58. The van der Waals surface area contributed by atoms with Gasteiger partial charge in [-0.05, 0) is 81.7 Å². The van der Waals surface area contributed by atoms with E-state index in [1.807, 2.05) is 57.8 Å². The normalized spacial score (nSPS) is 15.9. The van der Waals surface area contributed by atoms with Gasteiger partial charge in [0.2, 0.25) is 15.9 Å². The van der Waals surface area contributed by atoms with Gasteiger partial charge in [-0.25, -0.2) is 8.42 Å². The van der Waals surface area contributed by atoms with Crippen molar-refractivity contribution in [2.45, 2.75) is 65.3 Å². The first-order valence-electron chi connectivity index (χ1n) is 11.0. The summed E-state index contributed by atoms with van der Waals surface area (Å²) < 4.78 is 30.2. The maximum absolute atomic E-state index is 13.4. The van der Waals surface area contributed by atoms with Gasteiger partial charge in [0.05, 0.1) is 11.1 Å². The topological polar surface area (TPSA) is 84.3 Å². The summed E-state index contributed by atoms with van der Waals surface area (Å²) in [6.45, 7) is 11.8. The van der Waals surface area contributed by atoms with E-state index in [4.69, 9.17) is 0 Å². The van der Waals surface area contributed by atoms with E-state index in [1.54, 1.807) is 4.31 Å². The van der Waals surface area contributed by atoms with Gasteiger partial charge >= 0.3 is 0 Å². The minimum Gasteiger partial charge on any atom is -0.356 e. The van der Waals surface area contributed by atoms with Crippen LogP contribution in [0.5, 0.6) is 0 Å². The lowest BCUT2D eigenvalue weighted by atomic mass is 9.97. The van der Waals surface area contributed by atoms with Crippen LogP contribution in [0, 0.1) is 40.5 Å². The number of amides is 1. The Kier molecular flexibility index (Phi) is 7.21. The van der Waals surface area contributed by atoms with Crippen molar-refractivity contribution in [2.24, 2.45) is 5.92 Å². The van der Waals surface area contributed by atoms with Crippen LogP contribution < -0.4 is 5.32 Å². The molecular formula is C23H34N4O3S. The molecule has 1 aromatic heterocycles. The first-order chi connectivity index (χ1) is 14.6. The quantitative estimate of drug-likeness (QED) is 0.663.